The first-order chi connectivity index (χ1) is 15.7. The summed E-state index contributed by atoms with van der Waals surface area (Å²) >= 11 is 6.14. The second kappa shape index (κ2) is 11.3. The van der Waals surface area contributed by atoms with Crippen molar-refractivity contribution in [2.24, 2.45) is 0 Å². The van der Waals surface area contributed by atoms with E-state index in [9.17, 15) is 0 Å². The molecule has 0 bridgehead atoms. The molecule has 1 saturated heterocycles. The van der Waals surface area contributed by atoms with Crippen LogP contribution in [0.4, 0.5) is 0 Å². The lowest BCUT2D eigenvalue weighted by atomic mass is 9.96. The fourth-order valence-corrected chi connectivity index (χ4v) is 4.22. The number of benzene rings is 2. The summed E-state index contributed by atoms with van der Waals surface area (Å²) in [7, 11) is 0. The highest BCUT2D eigenvalue weighted by atomic mass is 35.5. The van der Waals surface area contributed by atoms with Gasteiger partial charge in [-0.05, 0) is 41.3 Å². The van der Waals surface area contributed by atoms with Crippen LogP contribution in [0.1, 0.15) is 35.1 Å². The molecule has 0 spiro atoms. The predicted octanol–water partition coefficient (Wildman–Crippen LogP) is 4.56. The molecule has 0 amide bonds. The molecule has 3 aromatic rings. The lowest BCUT2D eigenvalue weighted by Crippen LogP contribution is -2.47. The van der Waals surface area contributed by atoms with Crippen molar-refractivity contribution in [2.45, 2.75) is 19.0 Å². The van der Waals surface area contributed by atoms with Crippen molar-refractivity contribution < 1.29 is 9.62 Å². The molecule has 2 N–H and O–H groups in total. The molecule has 0 aliphatic carbocycles. The summed E-state index contributed by atoms with van der Waals surface area (Å²) in [6.45, 7) is 5.13. The SMILES string of the molecule is ONCCC#Cc1ccc(CN2CCN(C(c3ccccc3)c3ccc(Cl)cc3)CC2)o1. The summed E-state index contributed by atoms with van der Waals surface area (Å²) in [5, 5.41) is 9.35. The predicted molar refractivity (Wildman–Crippen MR) is 127 cm³/mol. The molecule has 32 heavy (non-hydrogen) atoms. The minimum atomic E-state index is 0.217. The summed E-state index contributed by atoms with van der Waals surface area (Å²) < 4.78 is 5.87. The largest absolute Gasteiger partial charge is 0.451 e. The van der Waals surface area contributed by atoms with Crippen LogP contribution in [0.15, 0.2) is 71.1 Å². The van der Waals surface area contributed by atoms with Crippen LogP contribution in [0.5, 0.6) is 0 Å². The third kappa shape index (κ3) is 6.01. The van der Waals surface area contributed by atoms with Gasteiger partial charge in [0.15, 0.2) is 5.76 Å². The summed E-state index contributed by atoms with van der Waals surface area (Å²) in [6.07, 6.45) is 0.574. The molecule has 0 radical (unpaired) electrons. The van der Waals surface area contributed by atoms with Crippen molar-refractivity contribution in [3.05, 3.63) is 94.4 Å². The number of nitrogens with one attached hydrogen (secondary N) is 1. The third-order valence-corrected chi connectivity index (χ3v) is 5.94. The molecule has 1 fully saturated rings. The van der Waals surface area contributed by atoms with Crippen molar-refractivity contribution in [3.8, 4) is 11.8 Å². The van der Waals surface area contributed by atoms with Crippen LogP contribution in [0.2, 0.25) is 5.02 Å². The van der Waals surface area contributed by atoms with Gasteiger partial charge in [0, 0.05) is 44.2 Å². The molecule has 0 saturated carbocycles. The van der Waals surface area contributed by atoms with Crippen molar-refractivity contribution in [1.82, 2.24) is 15.3 Å². The van der Waals surface area contributed by atoms with Gasteiger partial charge >= 0.3 is 0 Å². The van der Waals surface area contributed by atoms with E-state index in [0.717, 1.165) is 43.5 Å². The Kier molecular flexibility index (Phi) is 8.00. The minimum absolute atomic E-state index is 0.217. The Balaban J connectivity index is 1.38. The van der Waals surface area contributed by atoms with Gasteiger partial charge in [-0.25, -0.2) is 5.48 Å². The maximum Gasteiger partial charge on any atom is 0.177 e. The van der Waals surface area contributed by atoms with E-state index in [2.05, 4.69) is 69.6 Å². The lowest BCUT2D eigenvalue weighted by Gasteiger charge is -2.39. The first-order valence-corrected chi connectivity index (χ1v) is 11.3. The van der Waals surface area contributed by atoms with E-state index in [1.165, 1.54) is 11.1 Å². The molecule has 2 heterocycles. The average Bonchev–Trinajstić information content (AvgIpc) is 3.27. The van der Waals surface area contributed by atoms with Gasteiger partial charge in [0.05, 0.1) is 12.6 Å². The van der Waals surface area contributed by atoms with E-state index in [1.54, 1.807) is 0 Å². The second-order valence-corrected chi connectivity index (χ2v) is 8.34. The lowest BCUT2D eigenvalue weighted by molar-refractivity contribution is 0.0996. The zero-order valence-corrected chi connectivity index (χ0v) is 18.8. The Labute approximate surface area is 194 Å². The number of hydrogen-bond donors (Lipinski definition) is 2. The quantitative estimate of drug-likeness (QED) is 0.314. The monoisotopic (exact) mass is 449 g/mol. The Bertz CT molecular complexity index is 1030. The van der Waals surface area contributed by atoms with Gasteiger partial charge in [0.1, 0.15) is 5.76 Å². The number of furan rings is 1. The Morgan fingerprint density at radius 2 is 1.66 bits per heavy atom. The summed E-state index contributed by atoms with van der Waals surface area (Å²) in [6, 6.07) is 23.0. The number of hydroxylamine groups is 1. The van der Waals surface area contributed by atoms with E-state index in [0.29, 0.717) is 18.7 Å². The highest BCUT2D eigenvalue weighted by molar-refractivity contribution is 6.30. The molecule has 166 valence electrons. The van der Waals surface area contributed by atoms with Crippen LogP contribution in [0, 0.1) is 11.8 Å². The zero-order chi connectivity index (χ0) is 22.2. The first-order valence-electron chi connectivity index (χ1n) is 10.9. The molecule has 1 atom stereocenters. The Morgan fingerprint density at radius 3 is 2.38 bits per heavy atom. The number of hydrogen-bond acceptors (Lipinski definition) is 5. The molecule has 1 aliphatic heterocycles. The van der Waals surface area contributed by atoms with Gasteiger partial charge in [-0.1, -0.05) is 60.0 Å². The van der Waals surface area contributed by atoms with Gasteiger partial charge in [-0.2, -0.15) is 0 Å². The maximum absolute atomic E-state index is 8.59. The van der Waals surface area contributed by atoms with Crippen LogP contribution >= 0.6 is 11.6 Å². The second-order valence-electron chi connectivity index (χ2n) is 7.90. The maximum atomic E-state index is 8.59. The highest BCUT2D eigenvalue weighted by Gasteiger charge is 2.26. The van der Waals surface area contributed by atoms with Gasteiger partial charge in [-0.15, -0.1) is 0 Å². The normalized spacial score (nSPS) is 15.8. The minimum Gasteiger partial charge on any atom is -0.451 e. The molecule has 5 nitrogen and oxygen atoms in total. The Morgan fingerprint density at radius 1 is 0.938 bits per heavy atom. The first kappa shape index (κ1) is 22.6. The summed E-state index contributed by atoms with van der Waals surface area (Å²) in [4.78, 5) is 4.97. The smallest absolute Gasteiger partial charge is 0.177 e. The summed E-state index contributed by atoms with van der Waals surface area (Å²) in [5.74, 6) is 7.57. The van der Waals surface area contributed by atoms with Crippen LogP contribution in [-0.4, -0.2) is 47.7 Å². The number of rotatable bonds is 7. The van der Waals surface area contributed by atoms with Crippen molar-refractivity contribution in [2.75, 3.05) is 32.7 Å². The molecule has 1 aromatic heterocycles. The van der Waals surface area contributed by atoms with Crippen LogP contribution in [0.25, 0.3) is 0 Å². The van der Waals surface area contributed by atoms with Gasteiger partial charge in [-0.3, -0.25) is 9.80 Å². The van der Waals surface area contributed by atoms with Gasteiger partial charge < -0.3 is 9.62 Å². The number of halogens is 1. The van der Waals surface area contributed by atoms with Crippen molar-refractivity contribution in [3.63, 3.8) is 0 Å². The van der Waals surface area contributed by atoms with E-state index in [4.69, 9.17) is 21.2 Å². The van der Waals surface area contributed by atoms with Crippen LogP contribution in [-0.2, 0) is 6.54 Å². The molecule has 1 aliphatic rings. The fourth-order valence-electron chi connectivity index (χ4n) is 4.09. The van der Waals surface area contributed by atoms with E-state index < -0.39 is 0 Å². The molecule has 2 aromatic carbocycles. The number of nitrogens with zero attached hydrogens (tertiary/aromatic N) is 2. The summed E-state index contributed by atoms with van der Waals surface area (Å²) in [5.41, 5.74) is 4.66. The van der Waals surface area contributed by atoms with E-state index in [1.807, 2.05) is 24.3 Å². The molecule has 1 unspecified atom stereocenters. The van der Waals surface area contributed by atoms with E-state index in [-0.39, 0.29) is 6.04 Å². The topological polar surface area (TPSA) is 51.9 Å². The number of piperazine rings is 1. The van der Waals surface area contributed by atoms with Gasteiger partial charge in [0.25, 0.3) is 0 Å². The molecule has 4 rings (SSSR count). The Hall–Kier alpha value is -2.59. The molecular formula is C26H28ClN3O2. The standard InChI is InChI=1S/C26H28ClN3O2/c27-23-11-9-22(10-12-23)26(21-6-2-1-3-7-21)30-18-16-29(17-19-30)20-25-14-13-24(32-25)8-4-5-15-28-31/h1-3,6-7,9-14,26,28,31H,5,15-20H2. The van der Waals surface area contributed by atoms with Gasteiger partial charge in [0.2, 0.25) is 0 Å². The van der Waals surface area contributed by atoms with Crippen LogP contribution in [0.3, 0.4) is 0 Å². The fraction of sp³-hybridized carbons (Fsp3) is 0.308. The van der Waals surface area contributed by atoms with Crippen molar-refractivity contribution in [1.29, 1.82) is 0 Å². The third-order valence-electron chi connectivity index (χ3n) is 5.69. The van der Waals surface area contributed by atoms with E-state index >= 15 is 0 Å². The molecule has 6 heteroatoms. The molecular weight excluding hydrogens is 422 g/mol. The highest BCUT2D eigenvalue weighted by Crippen LogP contribution is 2.30. The van der Waals surface area contributed by atoms with Crippen LogP contribution < -0.4 is 5.48 Å². The average molecular weight is 450 g/mol. The van der Waals surface area contributed by atoms with Crippen molar-refractivity contribution >= 4 is 11.6 Å². The zero-order valence-electron chi connectivity index (χ0n) is 18.0.